The van der Waals surface area contributed by atoms with E-state index in [4.69, 9.17) is 14.6 Å². The van der Waals surface area contributed by atoms with Gasteiger partial charge in [-0.2, -0.15) is 0 Å². The highest BCUT2D eigenvalue weighted by Gasteiger charge is 2.23. The van der Waals surface area contributed by atoms with Crippen LogP contribution in [-0.4, -0.2) is 35.3 Å². The zero-order chi connectivity index (χ0) is 21.5. The molecular formula is C22H25N3O5. The van der Waals surface area contributed by atoms with Crippen LogP contribution in [0.1, 0.15) is 42.2 Å². The lowest BCUT2D eigenvalue weighted by Gasteiger charge is -2.30. The van der Waals surface area contributed by atoms with Gasteiger partial charge >= 0.3 is 6.09 Å². The van der Waals surface area contributed by atoms with Crippen molar-refractivity contribution in [2.24, 2.45) is 0 Å². The molecule has 0 fully saturated rings. The summed E-state index contributed by atoms with van der Waals surface area (Å²) >= 11 is 0. The number of nitrogens with one attached hydrogen (secondary N) is 2. The number of anilines is 1. The molecule has 0 bridgehead atoms. The highest BCUT2D eigenvalue weighted by atomic mass is 16.5. The fraction of sp³-hybridized carbons (Fsp3) is 0.273. The van der Waals surface area contributed by atoms with Crippen molar-refractivity contribution in [1.29, 1.82) is 0 Å². The average Bonchev–Trinajstić information content (AvgIpc) is 2.75. The number of benzene rings is 2. The van der Waals surface area contributed by atoms with Gasteiger partial charge in [0.2, 0.25) is 0 Å². The zero-order valence-corrected chi connectivity index (χ0v) is 16.9. The van der Waals surface area contributed by atoms with E-state index in [1.807, 2.05) is 38.1 Å². The Kier molecular flexibility index (Phi) is 6.92. The van der Waals surface area contributed by atoms with Crippen LogP contribution in [0.15, 0.2) is 54.7 Å². The summed E-state index contributed by atoms with van der Waals surface area (Å²) in [5.41, 5.74) is 5.04. The number of amides is 2. The largest absolute Gasteiger partial charge is 0.490 e. The molecule has 158 valence electrons. The van der Waals surface area contributed by atoms with E-state index in [0.717, 1.165) is 5.56 Å². The van der Waals surface area contributed by atoms with Gasteiger partial charge in [-0.1, -0.05) is 12.1 Å². The molecule has 0 saturated carbocycles. The molecule has 1 unspecified atom stereocenters. The van der Waals surface area contributed by atoms with Gasteiger partial charge in [-0.25, -0.2) is 15.2 Å². The van der Waals surface area contributed by atoms with Gasteiger partial charge in [-0.3, -0.25) is 10.1 Å². The number of ether oxygens (including phenoxy) is 2. The van der Waals surface area contributed by atoms with Crippen LogP contribution in [-0.2, 0) is 0 Å². The summed E-state index contributed by atoms with van der Waals surface area (Å²) < 4.78 is 11.3. The van der Waals surface area contributed by atoms with Crippen molar-refractivity contribution in [3.63, 3.8) is 0 Å². The lowest BCUT2D eigenvalue weighted by Crippen LogP contribution is -2.43. The maximum absolute atomic E-state index is 12.8. The molecule has 1 atom stereocenters. The first-order chi connectivity index (χ1) is 14.5. The molecule has 0 saturated heterocycles. The Hall–Kier alpha value is -3.52. The van der Waals surface area contributed by atoms with E-state index in [1.54, 1.807) is 30.5 Å². The third kappa shape index (κ3) is 5.09. The number of carboxylic acid groups (broad SMARTS) is 1. The van der Waals surface area contributed by atoms with Crippen molar-refractivity contribution in [1.82, 2.24) is 10.4 Å². The Morgan fingerprint density at radius 2 is 1.80 bits per heavy atom. The molecule has 0 radical (unpaired) electrons. The number of carbonyl (C=O) groups excluding carboxylic acids is 1. The lowest BCUT2D eigenvalue weighted by atomic mass is 10.0. The molecule has 2 amide bonds. The normalized spacial score (nSPS) is 15.5. The van der Waals surface area contributed by atoms with E-state index in [0.29, 0.717) is 42.4 Å². The number of carbonyl (C=O) groups is 2. The second kappa shape index (κ2) is 9.80. The summed E-state index contributed by atoms with van der Waals surface area (Å²) in [6, 6.07) is 11.9. The molecule has 3 N–H and O–H groups in total. The fourth-order valence-corrected chi connectivity index (χ4v) is 3.15. The Morgan fingerprint density at radius 3 is 2.47 bits per heavy atom. The van der Waals surface area contributed by atoms with E-state index in [1.165, 1.54) is 5.01 Å². The van der Waals surface area contributed by atoms with Crippen LogP contribution in [0.25, 0.3) is 0 Å². The van der Waals surface area contributed by atoms with Crippen molar-refractivity contribution in [2.45, 2.75) is 26.3 Å². The summed E-state index contributed by atoms with van der Waals surface area (Å²) in [6.07, 6.45) is 3.18. The van der Waals surface area contributed by atoms with Crippen molar-refractivity contribution in [2.75, 3.05) is 18.5 Å². The molecule has 1 heterocycles. The molecule has 0 aromatic heterocycles. The van der Waals surface area contributed by atoms with E-state index < -0.39 is 6.09 Å². The van der Waals surface area contributed by atoms with Gasteiger partial charge in [0.25, 0.3) is 5.91 Å². The summed E-state index contributed by atoms with van der Waals surface area (Å²) in [7, 11) is 0. The van der Waals surface area contributed by atoms with Crippen molar-refractivity contribution in [3.05, 3.63) is 65.9 Å². The van der Waals surface area contributed by atoms with Crippen LogP contribution in [0, 0.1) is 0 Å². The average molecular weight is 411 g/mol. The van der Waals surface area contributed by atoms with Crippen molar-refractivity contribution in [3.8, 4) is 11.5 Å². The van der Waals surface area contributed by atoms with Crippen molar-refractivity contribution < 1.29 is 24.2 Å². The summed E-state index contributed by atoms with van der Waals surface area (Å²) in [5, 5.41) is 12.4. The topological polar surface area (TPSA) is 100 Å². The van der Waals surface area contributed by atoms with Gasteiger partial charge < -0.3 is 14.6 Å². The molecule has 2 aromatic carbocycles. The third-order valence-corrected chi connectivity index (χ3v) is 4.49. The first-order valence-corrected chi connectivity index (χ1v) is 9.77. The van der Waals surface area contributed by atoms with E-state index in [-0.39, 0.29) is 11.9 Å². The van der Waals surface area contributed by atoms with Crippen LogP contribution in [0.2, 0.25) is 0 Å². The second-order valence-electron chi connectivity index (χ2n) is 6.56. The van der Waals surface area contributed by atoms with Gasteiger partial charge in [-0.15, -0.1) is 0 Å². The SMILES string of the molecule is CCOc1ccc(C2CC=CN(C(=O)c3ccc(NC(=O)O)cc3)N2)cc1OCC. The van der Waals surface area contributed by atoms with Crippen LogP contribution >= 0.6 is 0 Å². The van der Waals surface area contributed by atoms with Gasteiger partial charge in [0.05, 0.1) is 19.3 Å². The molecule has 30 heavy (non-hydrogen) atoms. The standard InChI is InChI=1S/C22H25N3O5/c1-3-29-19-12-9-16(14-20(19)30-4-2)18-6-5-13-25(24-18)21(26)15-7-10-17(11-8-15)23-22(27)28/h5,7-14,18,23-24H,3-4,6H2,1-2H3,(H,27,28). The number of hydrogen-bond donors (Lipinski definition) is 3. The first kappa shape index (κ1) is 21.2. The van der Waals surface area contributed by atoms with Crippen LogP contribution < -0.4 is 20.2 Å². The quantitative estimate of drug-likeness (QED) is 0.632. The van der Waals surface area contributed by atoms with Gasteiger partial charge in [0.15, 0.2) is 11.5 Å². The fourth-order valence-electron chi connectivity index (χ4n) is 3.15. The molecule has 0 spiro atoms. The molecule has 8 nitrogen and oxygen atoms in total. The number of rotatable bonds is 7. The summed E-state index contributed by atoms with van der Waals surface area (Å²) in [4.78, 5) is 23.6. The minimum absolute atomic E-state index is 0.109. The van der Waals surface area contributed by atoms with Crippen LogP contribution in [0.3, 0.4) is 0 Å². The molecule has 1 aliphatic rings. The molecule has 3 rings (SSSR count). The smallest absolute Gasteiger partial charge is 0.409 e. The number of nitrogens with zero attached hydrogens (tertiary/aromatic N) is 1. The van der Waals surface area contributed by atoms with Gasteiger partial charge in [-0.05, 0) is 62.2 Å². The minimum atomic E-state index is -1.15. The minimum Gasteiger partial charge on any atom is -0.490 e. The first-order valence-electron chi connectivity index (χ1n) is 9.77. The monoisotopic (exact) mass is 411 g/mol. The van der Waals surface area contributed by atoms with E-state index >= 15 is 0 Å². The Labute approximate surface area is 175 Å². The molecule has 8 heteroatoms. The zero-order valence-electron chi connectivity index (χ0n) is 16.9. The molecule has 2 aromatic rings. The maximum Gasteiger partial charge on any atom is 0.409 e. The van der Waals surface area contributed by atoms with Crippen LogP contribution in [0.5, 0.6) is 11.5 Å². The Bertz CT molecular complexity index is 927. The number of hydrogen-bond acceptors (Lipinski definition) is 5. The second-order valence-corrected chi connectivity index (χ2v) is 6.56. The molecule has 0 aliphatic carbocycles. The molecule has 1 aliphatic heterocycles. The third-order valence-electron chi connectivity index (χ3n) is 4.49. The Morgan fingerprint density at radius 1 is 1.10 bits per heavy atom. The predicted octanol–water partition coefficient (Wildman–Crippen LogP) is 4.18. The van der Waals surface area contributed by atoms with Crippen LogP contribution in [0.4, 0.5) is 10.5 Å². The highest BCUT2D eigenvalue weighted by Crippen LogP contribution is 2.32. The highest BCUT2D eigenvalue weighted by molar-refractivity contribution is 5.95. The van der Waals surface area contributed by atoms with Gasteiger partial charge in [0, 0.05) is 17.5 Å². The summed E-state index contributed by atoms with van der Waals surface area (Å²) in [5.74, 6) is 1.12. The van der Waals surface area contributed by atoms with Crippen molar-refractivity contribution >= 4 is 17.7 Å². The maximum atomic E-state index is 12.8. The summed E-state index contributed by atoms with van der Waals surface area (Å²) in [6.45, 7) is 4.91. The van der Waals surface area contributed by atoms with Gasteiger partial charge in [0.1, 0.15) is 0 Å². The lowest BCUT2D eigenvalue weighted by molar-refractivity contribution is 0.0713. The number of hydrazine groups is 1. The predicted molar refractivity (Wildman–Crippen MR) is 113 cm³/mol. The molecular weight excluding hydrogens is 386 g/mol. The van der Waals surface area contributed by atoms with E-state index in [2.05, 4.69) is 10.7 Å². The Balaban J connectivity index is 1.74. The van der Waals surface area contributed by atoms with E-state index in [9.17, 15) is 9.59 Å².